The SMILES string of the molecule is CC(C)(C)OC(=O)N1CCC(Oc2ccc(CCNC(=O)OCc3ccccc3)cc2)C1. The van der Waals surface area contributed by atoms with Crippen LogP contribution in [0.4, 0.5) is 9.59 Å². The summed E-state index contributed by atoms with van der Waals surface area (Å²) in [5.74, 6) is 0.764. The van der Waals surface area contributed by atoms with Crippen LogP contribution in [0.5, 0.6) is 5.75 Å². The van der Waals surface area contributed by atoms with Gasteiger partial charge in [-0.25, -0.2) is 9.59 Å². The fraction of sp³-hybridized carbons (Fsp3) is 0.440. The fourth-order valence-electron chi connectivity index (χ4n) is 3.33. The molecule has 1 unspecified atom stereocenters. The van der Waals surface area contributed by atoms with Crippen LogP contribution in [-0.2, 0) is 22.5 Å². The molecule has 172 valence electrons. The van der Waals surface area contributed by atoms with Crippen molar-refractivity contribution in [1.29, 1.82) is 0 Å². The molecule has 7 nitrogen and oxygen atoms in total. The number of benzene rings is 2. The predicted molar refractivity (Wildman–Crippen MR) is 122 cm³/mol. The van der Waals surface area contributed by atoms with Crippen LogP contribution in [0, 0.1) is 0 Å². The molecule has 1 saturated heterocycles. The Morgan fingerprint density at radius 1 is 1.03 bits per heavy atom. The molecule has 32 heavy (non-hydrogen) atoms. The number of amides is 2. The van der Waals surface area contributed by atoms with Crippen LogP contribution in [0.2, 0.25) is 0 Å². The van der Waals surface area contributed by atoms with Crippen molar-refractivity contribution in [3.63, 3.8) is 0 Å². The van der Waals surface area contributed by atoms with Crippen LogP contribution in [0.25, 0.3) is 0 Å². The van der Waals surface area contributed by atoms with Crippen LogP contribution in [-0.4, -0.2) is 48.4 Å². The maximum Gasteiger partial charge on any atom is 0.410 e. The fourth-order valence-corrected chi connectivity index (χ4v) is 3.33. The van der Waals surface area contributed by atoms with E-state index in [1.54, 1.807) is 4.90 Å². The smallest absolute Gasteiger partial charge is 0.410 e. The molecule has 1 aliphatic heterocycles. The van der Waals surface area contributed by atoms with Crippen molar-refractivity contribution in [3.05, 3.63) is 65.7 Å². The Bertz CT molecular complexity index is 877. The number of hydrogen-bond donors (Lipinski definition) is 1. The summed E-state index contributed by atoms with van der Waals surface area (Å²) in [7, 11) is 0. The first kappa shape index (κ1) is 23.4. The third-order valence-electron chi connectivity index (χ3n) is 4.92. The van der Waals surface area contributed by atoms with Crippen molar-refractivity contribution in [2.24, 2.45) is 0 Å². The summed E-state index contributed by atoms with van der Waals surface area (Å²) in [6, 6.07) is 17.4. The molecule has 2 aromatic carbocycles. The van der Waals surface area contributed by atoms with Crippen molar-refractivity contribution < 1.29 is 23.8 Å². The van der Waals surface area contributed by atoms with Gasteiger partial charge in [-0.2, -0.15) is 0 Å². The number of nitrogens with zero attached hydrogens (tertiary/aromatic N) is 1. The van der Waals surface area contributed by atoms with E-state index in [0.29, 0.717) is 26.1 Å². The van der Waals surface area contributed by atoms with E-state index in [4.69, 9.17) is 14.2 Å². The maximum atomic E-state index is 12.2. The molecule has 2 aromatic rings. The molecule has 1 fully saturated rings. The summed E-state index contributed by atoms with van der Waals surface area (Å²) in [5, 5.41) is 2.76. The van der Waals surface area contributed by atoms with Gasteiger partial charge in [-0.1, -0.05) is 42.5 Å². The van der Waals surface area contributed by atoms with E-state index in [-0.39, 0.29) is 18.8 Å². The summed E-state index contributed by atoms with van der Waals surface area (Å²) in [4.78, 5) is 25.7. The maximum absolute atomic E-state index is 12.2. The first-order valence-electron chi connectivity index (χ1n) is 11.0. The van der Waals surface area contributed by atoms with E-state index in [1.807, 2.05) is 75.4 Å². The Morgan fingerprint density at radius 3 is 2.44 bits per heavy atom. The van der Waals surface area contributed by atoms with Gasteiger partial charge in [0.1, 0.15) is 24.1 Å². The summed E-state index contributed by atoms with van der Waals surface area (Å²) >= 11 is 0. The molecule has 3 rings (SSSR count). The normalized spacial score (nSPS) is 15.8. The third kappa shape index (κ3) is 7.80. The van der Waals surface area contributed by atoms with Crippen molar-refractivity contribution in [2.45, 2.75) is 51.9 Å². The van der Waals surface area contributed by atoms with E-state index in [9.17, 15) is 9.59 Å². The number of carbonyl (C=O) groups is 2. The molecule has 0 aliphatic carbocycles. The van der Waals surface area contributed by atoms with Crippen molar-refractivity contribution in [3.8, 4) is 5.75 Å². The highest BCUT2D eigenvalue weighted by molar-refractivity contribution is 5.68. The van der Waals surface area contributed by atoms with E-state index in [1.165, 1.54) is 0 Å². The standard InChI is InChI=1S/C25H32N2O5/c1-25(2,3)32-24(29)27-16-14-22(17-27)31-21-11-9-19(10-12-21)13-15-26-23(28)30-18-20-7-5-4-6-8-20/h4-12,22H,13-18H2,1-3H3,(H,26,28). The molecule has 2 amide bonds. The summed E-state index contributed by atoms with van der Waals surface area (Å²) in [6.07, 6.45) is 0.694. The zero-order valence-electron chi connectivity index (χ0n) is 19.0. The van der Waals surface area contributed by atoms with Crippen molar-refractivity contribution >= 4 is 12.2 Å². The summed E-state index contributed by atoms with van der Waals surface area (Å²) in [5.41, 5.74) is 1.54. The average Bonchev–Trinajstić information content (AvgIpc) is 3.22. The summed E-state index contributed by atoms with van der Waals surface area (Å²) < 4.78 is 16.6. The molecule has 0 spiro atoms. The molecule has 1 atom stereocenters. The quantitative estimate of drug-likeness (QED) is 0.684. The van der Waals surface area contributed by atoms with Gasteiger partial charge in [0.05, 0.1) is 6.54 Å². The lowest BCUT2D eigenvalue weighted by atomic mass is 10.1. The number of alkyl carbamates (subject to hydrolysis) is 1. The lowest BCUT2D eigenvalue weighted by Gasteiger charge is -2.24. The van der Waals surface area contributed by atoms with Gasteiger partial charge >= 0.3 is 12.2 Å². The molecule has 1 N–H and O–H groups in total. The van der Waals surface area contributed by atoms with Crippen LogP contribution in [0.15, 0.2) is 54.6 Å². The minimum absolute atomic E-state index is 0.0468. The second-order valence-electron chi connectivity index (χ2n) is 8.84. The first-order valence-corrected chi connectivity index (χ1v) is 11.0. The molecule has 7 heteroatoms. The topological polar surface area (TPSA) is 77.1 Å². The molecular weight excluding hydrogens is 408 g/mol. The minimum atomic E-state index is -0.501. The average molecular weight is 441 g/mol. The lowest BCUT2D eigenvalue weighted by molar-refractivity contribution is 0.0275. The Balaban J connectivity index is 1.35. The summed E-state index contributed by atoms with van der Waals surface area (Å²) in [6.45, 7) is 7.47. The third-order valence-corrected chi connectivity index (χ3v) is 4.92. The number of ether oxygens (including phenoxy) is 3. The highest BCUT2D eigenvalue weighted by Crippen LogP contribution is 2.21. The highest BCUT2D eigenvalue weighted by Gasteiger charge is 2.30. The van der Waals surface area contributed by atoms with Crippen molar-refractivity contribution in [2.75, 3.05) is 19.6 Å². The lowest BCUT2D eigenvalue weighted by Crippen LogP contribution is -2.36. The number of rotatable bonds is 7. The van der Waals surface area contributed by atoms with Crippen LogP contribution >= 0.6 is 0 Å². The first-order chi connectivity index (χ1) is 15.3. The van der Waals surface area contributed by atoms with Gasteiger partial charge in [-0.15, -0.1) is 0 Å². The van der Waals surface area contributed by atoms with Gasteiger partial charge in [0.25, 0.3) is 0 Å². The Kier molecular flexibility index (Phi) is 7.98. The van der Waals surface area contributed by atoms with Gasteiger partial charge in [0.15, 0.2) is 0 Å². The minimum Gasteiger partial charge on any atom is -0.489 e. The van der Waals surface area contributed by atoms with Crippen molar-refractivity contribution in [1.82, 2.24) is 10.2 Å². The molecule has 0 radical (unpaired) electrons. The Hall–Kier alpha value is -3.22. The van der Waals surface area contributed by atoms with E-state index in [0.717, 1.165) is 23.3 Å². The zero-order valence-corrected chi connectivity index (χ0v) is 19.0. The van der Waals surface area contributed by atoms with Gasteiger partial charge in [0.2, 0.25) is 0 Å². The van der Waals surface area contributed by atoms with Gasteiger partial charge in [-0.3, -0.25) is 0 Å². The second-order valence-corrected chi connectivity index (χ2v) is 8.84. The zero-order chi connectivity index (χ0) is 23.0. The molecule has 0 saturated carbocycles. The number of carbonyl (C=O) groups excluding carboxylic acids is 2. The van der Waals surface area contributed by atoms with E-state index >= 15 is 0 Å². The molecular formula is C25H32N2O5. The largest absolute Gasteiger partial charge is 0.489 e. The Morgan fingerprint density at radius 2 is 1.75 bits per heavy atom. The highest BCUT2D eigenvalue weighted by atomic mass is 16.6. The van der Waals surface area contributed by atoms with Gasteiger partial charge < -0.3 is 24.4 Å². The van der Waals surface area contributed by atoms with Gasteiger partial charge in [0, 0.05) is 19.5 Å². The monoisotopic (exact) mass is 440 g/mol. The molecule has 0 bridgehead atoms. The Labute approximate surface area is 189 Å². The molecule has 1 heterocycles. The van der Waals surface area contributed by atoms with Crippen LogP contribution in [0.1, 0.15) is 38.3 Å². The molecule has 0 aromatic heterocycles. The molecule has 1 aliphatic rings. The van der Waals surface area contributed by atoms with E-state index < -0.39 is 11.7 Å². The number of likely N-dealkylation sites (tertiary alicyclic amines) is 1. The second kappa shape index (κ2) is 10.9. The number of nitrogens with one attached hydrogen (secondary N) is 1. The number of hydrogen-bond acceptors (Lipinski definition) is 5. The van der Waals surface area contributed by atoms with Crippen LogP contribution in [0.3, 0.4) is 0 Å². The van der Waals surface area contributed by atoms with Gasteiger partial charge in [-0.05, 0) is 50.5 Å². The predicted octanol–water partition coefficient (Wildman–Crippen LogP) is 4.54. The van der Waals surface area contributed by atoms with E-state index in [2.05, 4.69) is 5.32 Å². The van der Waals surface area contributed by atoms with Crippen LogP contribution < -0.4 is 10.1 Å².